The summed E-state index contributed by atoms with van der Waals surface area (Å²) in [7, 11) is 0. The number of fused-ring (bicyclic) bond motifs is 1. The van der Waals surface area contributed by atoms with E-state index in [-0.39, 0.29) is 5.76 Å². The van der Waals surface area contributed by atoms with Gasteiger partial charge in [0, 0.05) is 24.9 Å². The molecule has 98 valence electrons. The third kappa shape index (κ3) is 3.36. The molecule has 1 aromatic heterocycles. The number of nitrogens with one attached hydrogen (secondary N) is 1. The fourth-order valence-corrected chi connectivity index (χ4v) is 1.82. The molecular weight excluding hydrogens is 242 g/mol. The maximum Gasteiger partial charge on any atom is 0.371 e. The molecule has 0 amide bonds. The molecule has 0 bridgehead atoms. The monoisotopic (exact) mass is 257 g/mol. The van der Waals surface area contributed by atoms with Gasteiger partial charge in [0.15, 0.2) is 0 Å². The summed E-state index contributed by atoms with van der Waals surface area (Å²) in [5.41, 5.74) is 1.69. The molecule has 0 aliphatic heterocycles. The fraction of sp³-hybridized carbons (Fsp3) is 0.267. The Balaban J connectivity index is 2.03. The second-order valence-electron chi connectivity index (χ2n) is 4.14. The molecule has 1 aromatic carbocycles. The van der Waals surface area contributed by atoms with Crippen LogP contribution in [0.25, 0.3) is 11.0 Å². The number of carboxylic acid groups (broad SMARTS) is 1. The molecule has 4 heteroatoms. The maximum atomic E-state index is 10.8. The lowest BCUT2D eigenvalue weighted by atomic mass is 10.1. The van der Waals surface area contributed by atoms with Crippen LogP contribution in [0.2, 0.25) is 0 Å². The van der Waals surface area contributed by atoms with E-state index in [4.69, 9.17) is 9.52 Å². The number of rotatable bonds is 5. The number of hydrogen-bond donors (Lipinski definition) is 2. The van der Waals surface area contributed by atoms with Crippen LogP contribution in [0.4, 0.5) is 0 Å². The molecule has 0 saturated carbocycles. The zero-order chi connectivity index (χ0) is 13.7. The summed E-state index contributed by atoms with van der Waals surface area (Å²) in [6, 6.07) is 7.20. The summed E-state index contributed by atoms with van der Waals surface area (Å²) in [4.78, 5) is 10.8. The Morgan fingerprint density at radius 2 is 2.26 bits per heavy atom. The minimum absolute atomic E-state index is 0.0293. The van der Waals surface area contributed by atoms with E-state index in [1.165, 1.54) is 0 Å². The summed E-state index contributed by atoms with van der Waals surface area (Å²) in [6.45, 7) is 3.40. The van der Waals surface area contributed by atoms with Crippen LogP contribution in [-0.4, -0.2) is 17.6 Å². The zero-order valence-corrected chi connectivity index (χ0v) is 10.7. The second-order valence-corrected chi connectivity index (χ2v) is 4.14. The molecule has 1 heterocycles. The molecule has 0 unspecified atom stereocenters. The number of carboxylic acids is 1. The summed E-state index contributed by atoms with van der Waals surface area (Å²) in [5.74, 6) is 4.76. The van der Waals surface area contributed by atoms with E-state index in [2.05, 4.69) is 17.2 Å². The normalized spacial score (nSPS) is 10.2. The van der Waals surface area contributed by atoms with Crippen LogP contribution in [0.3, 0.4) is 0 Å². The largest absolute Gasteiger partial charge is 0.475 e. The topological polar surface area (TPSA) is 62.5 Å². The Kier molecular flexibility index (Phi) is 4.22. The SMILES string of the molecule is CC#CCCNCc1ccc2oc(C(=O)O)cc2c1. The second kappa shape index (κ2) is 6.07. The van der Waals surface area contributed by atoms with Gasteiger partial charge in [-0.1, -0.05) is 6.07 Å². The van der Waals surface area contributed by atoms with Crippen LogP contribution in [0.5, 0.6) is 0 Å². The van der Waals surface area contributed by atoms with Crippen LogP contribution < -0.4 is 5.32 Å². The van der Waals surface area contributed by atoms with Gasteiger partial charge in [-0.05, 0) is 30.7 Å². The summed E-state index contributed by atoms with van der Waals surface area (Å²) >= 11 is 0. The Labute approximate surface area is 111 Å². The van der Waals surface area contributed by atoms with Crippen LogP contribution >= 0.6 is 0 Å². The minimum atomic E-state index is -1.05. The van der Waals surface area contributed by atoms with Crippen molar-refractivity contribution in [2.75, 3.05) is 6.54 Å². The van der Waals surface area contributed by atoms with Gasteiger partial charge in [-0.3, -0.25) is 0 Å². The summed E-state index contributed by atoms with van der Waals surface area (Å²) in [6.07, 6.45) is 0.827. The average molecular weight is 257 g/mol. The maximum absolute atomic E-state index is 10.8. The quantitative estimate of drug-likeness (QED) is 0.638. The molecule has 2 N–H and O–H groups in total. The van der Waals surface area contributed by atoms with Crippen molar-refractivity contribution in [3.8, 4) is 11.8 Å². The molecule has 0 saturated heterocycles. The van der Waals surface area contributed by atoms with Gasteiger partial charge in [0.05, 0.1) is 0 Å². The minimum Gasteiger partial charge on any atom is -0.475 e. The van der Waals surface area contributed by atoms with E-state index in [9.17, 15) is 4.79 Å². The molecule has 19 heavy (non-hydrogen) atoms. The highest BCUT2D eigenvalue weighted by Gasteiger charge is 2.10. The van der Waals surface area contributed by atoms with E-state index >= 15 is 0 Å². The van der Waals surface area contributed by atoms with Crippen molar-refractivity contribution in [3.05, 3.63) is 35.6 Å². The molecule has 4 nitrogen and oxygen atoms in total. The zero-order valence-electron chi connectivity index (χ0n) is 10.7. The molecule has 0 aliphatic carbocycles. The molecular formula is C15H15NO3. The molecule has 0 radical (unpaired) electrons. The van der Waals surface area contributed by atoms with Gasteiger partial charge in [0.1, 0.15) is 5.58 Å². The van der Waals surface area contributed by atoms with Crippen molar-refractivity contribution in [2.24, 2.45) is 0 Å². The number of hydrogen-bond acceptors (Lipinski definition) is 3. The first kappa shape index (κ1) is 13.2. The van der Waals surface area contributed by atoms with Crippen LogP contribution in [-0.2, 0) is 6.54 Å². The highest BCUT2D eigenvalue weighted by Crippen LogP contribution is 2.20. The molecule has 0 spiro atoms. The van der Waals surface area contributed by atoms with Gasteiger partial charge < -0.3 is 14.8 Å². The smallest absolute Gasteiger partial charge is 0.371 e. The van der Waals surface area contributed by atoms with E-state index in [1.807, 2.05) is 19.1 Å². The highest BCUT2D eigenvalue weighted by atomic mass is 16.4. The summed E-state index contributed by atoms with van der Waals surface area (Å²) in [5, 5.41) is 13.0. The van der Waals surface area contributed by atoms with E-state index in [0.29, 0.717) is 5.58 Å². The third-order valence-corrected chi connectivity index (χ3v) is 2.72. The van der Waals surface area contributed by atoms with Crippen molar-refractivity contribution in [1.29, 1.82) is 0 Å². The average Bonchev–Trinajstić information content (AvgIpc) is 2.82. The van der Waals surface area contributed by atoms with E-state index in [1.54, 1.807) is 12.1 Å². The van der Waals surface area contributed by atoms with Crippen LogP contribution in [0, 0.1) is 11.8 Å². The van der Waals surface area contributed by atoms with Crippen molar-refractivity contribution in [3.63, 3.8) is 0 Å². The molecule has 0 fully saturated rings. The number of furan rings is 1. The first-order valence-electron chi connectivity index (χ1n) is 6.07. The van der Waals surface area contributed by atoms with Crippen molar-refractivity contribution >= 4 is 16.9 Å². The fourth-order valence-electron chi connectivity index (χ4n) is 1.82. The predicted molar refractivity (Wildman–Crippen MR) is 72.9 cm³/mol. The van der Waals surface area contributed by atoms with E-state index < -0.39 is 5.97 Å². The van der Waals surface area contributed by atoms with Crippen molar-refractivity contribution in [2.45, 2.75) is 19.9 Å². The lowest BCUT2D eigenvalue weighted by Crippen LogP contribution is -2.13. The Bertz CT molecular complexity index is 646. The van der Waals surface area contributed by atoms with Crippen molar-refractivity contribution in [1.82, 2.24) is 5.32 Å². The first-order valence-corrected chi connectivity index (χ1v) is 6.07. The van der Waals surface area contributed by atoms with E-state index in [0.717, 1.165) is 30.5 Å². The van der Waals surface area contributed by atoms with Gasteiger partial charge in [0.25, 0.3) is 0 Å². The third-order valence-electron chi connectivity index (χ3n) is 2.72. The molecule has 0 aliphatic rings. The standard InChI is InChI=1S/C15H15NO3/c1-2-3-4-7-16-10-11-5-6-13-12(8-11)9-14(19-13)15(17)18/h5-6,8-9,16H,4,7,10H2,1H3,(H,17,18). The lowest BCUT2D eigenvalue weighted by Gasteiger charge is -2.02. The molecule has 0 atom stereocenters. The first-order chi connectivity index (χ1) is 9.20. The molecule has 2 aromatic rings. The van der Waals surface area contributed by atoms with Crippen molar-refractivity contribution < 1.29 is 14.3 Å². The number of aromatic carboxylic acids is 1. The Hall–Kier alpha value is -2.25. The van der Waals surface area contributed by atoms with Gasteiger partial charge in [0.2, 0.25) is 5.76 Å². The van der Waals surface area contributed by atoms with Crippen LogP contribution in [0.1, 0.15) is 29.5 Å². The van der Waals surface area contributed by atoms with Gasteiger partial charge in [-0.15, -0.1) is 11.8 Å². The summed E-state index contributed by atoms with van der Waals surface area (Å²) < 4.78 is 5.20. The predicted octanol–water partition coefficient (Wildman–Crippen LogP) is 2.63. The van der Waals surface area contributed by atoms with Crippen LogP contribution in [0.15, 0.2) is 28.7 Å². The Morgan fingerprint density at radius 1 is 1.42 bits per heavy atom. The number of carbonyl (C=O) groups is 1. The van der Waals surface area contributed by atoms with Gasteiger partial charge in [-0.2, -0.15) is 0 Å². The molecule has 2 rings (SSSR count). The highest BCUT2D eigenvalue weighted by molar-refractivity contribution is 5.91. The Morgan fingerprint density at radius 3 is 3.00 bits per heavy atom. The number of benzene rings is 1. The van der Waals surface area contributed by atoms with Gasteiger partial charge >= 0.3 is 5.97 Å². The lowest BCUT2D eigenvalue weighted by molar-refractivity contribution is 0.0665. The van der Waals surface area contributed by atoms with Gasteiger partial charge in [-0.25, -0.2) is 4.79 Å².